The van der Waals surface area contributed by atoms with E-state index in [0.29, 0.717) is 6.42 Å². The summed E-state index contributed by atoms with van der Waals surface area (Å²) in [7, 11) is 0. The van der Waals surface area contributed by atoms with Gasteiger partial charge < -0.3 is 5.32 Å². The molecule has 0 saturated heterocycles. The van der Waals surface area contributed by atoms with Crippen molar-refractivity contribution >= 4 is 27.4 Å². The van der Waals surface area contributed by atoms with Crippen LogP contribution in [0.5, 0.6) is 0 Å². The van der Waals surface area contributed by atoms with E-state index in [2.05, 4.69) is 33.4 Å². The molecular formula is C21H18BrNO. The number of carbonyl (C=O) groups is 1. The predicted octanol–water partition coefficient (Wildman–Crippen LogP) is 5.88. The minimum absolute atomic E-state index is 0.0694. The summed E-state index contributed by atoms with van der Waals surface area (Å²) in [6.07, 6.45) is 0.407. The number of benzene rings is 3. The molecule has 3 heteroatoms. The number of Topliss-reactive ketones (excluding diaryl/α,β-unsaturated/α-hetero) is 1. The van der Waals surface area contributed by atoms with Crippen LogP contribution in [-0.4, -0.2) is 5.78 Å². The Bertz CT molecular complexity index is 785. The summed E-state index contributed by atoms with van der Waals surface area (Å²) in [6.45, 7) is 0. The second kappa shape index (κ2) is 7.93. The molecule has 1 N–H and O–H groups in total. The largest absolute Gasteiger partial charge is 0.378 e. The molecule has 120 valence electrons. The Morgan fingerprint density at radius 1 is 0.833 bits per heavy atom. The maximum absolute atomic E-state index is 12.6. The maximum Gasteiger partial charge on any atom is 0.165 e. The zero-order valence-corrected chi connectivity index (χ0v) is 14.7. The van der Waals surface area contributed by atoms with Crippen LogP contribution in [0, 0.1) is 0 Å². The Balaban J connectivity index is 1.82. The van der Waals surface area contributed by atoms with Crippen molar-refractivity contribution in [3.05, 3.63) is 101 Å². The fourth-order valence-electron chi connectivity index (χ4n) is 2.61. The van der Waals surface area contributed by atoms with Gasteiger partial charge in [-0.2, -0.15) is 0 Å². The van der Waals surface area contributed by atoms with Crippen molar-refractivity contribution in [2.24, 2.45) is 0 Å². The van der Waals surface area contributed by atoms with Crippen LogP contribution in [0.2, 0.25) is 0 Å². The van der Waals surface area contributed by atoms with Gasteiger partial charge >= 0.3 is 0 Å². The molecule has 0 radical (unpaired) electrons. The zero-order chi connectivity index (χ0) is 16.8. The number of anilines is 1. The molecule has 2 nitrogen and oxygen atoms in total. The van der Waals surface area contributed by atoms with Crippen molar-refractivity contribution in [1.29, 1.82) is 0 Å². The van der Waals surface area contributed by atoms with Crippen LogP contribution in [0.4, 0.5) is 5.69 Å². The number of hydrogen-bond donors (Lipinski definition) is 1. The summed E-state index contributed by atoms with van der Waals surface area (Å²) in [5.41, 5.74) is 2.84. The van der Waals surface area contributed by atoms with Crippen molar-refractivity contribution in [1.82, 2.24) is 0 Å². The summed E-state index contributed by atoms with van der Waals surface area (Å²) >= 11 is 3.45. The highest BCUT2D eigenvalue weighted by Crippen LogP contribution is 2.25. The first-order chi connectivity index (χ1) is 11.7. The number of ketones is 1. The Labute approximate surface area is 150 Å². The van der Waals surface area contributed by atoms with Crippen molar-refractivity contribution in [2.45, 2.75) is 12.5 Å². The third kappa shape index (κ3) is 4.33. The molecule has 1 atom stereocenters. The summed E-state index contributed by atoms with van der Waals surface area (Å²) in [5.74, 6) is 0.133. The average molecular weight is 380 g/mol. The molecule has 0 spiro atoms. The minimum atomic E-state index is -0.0694. The minimum Gasteiger partial charge on any atom is -0.378 e. The SMILES string of the molecule is O=C(C[C@H](Nc1ccc(Br)cc1)c1ccccc1)c1ccccc1. The molecule has 24 heavy (non-hydrogen) atoms. The van der Waals surface area contributed by atoms with E-state index in [4.69, 9.17) is 0 Å². The summed E-state index contributed by atoms with van der Waals surface area (Å²) < 4.78 is 1.03. The Hall–Kier alpha value is -2.39. The van der Waals surface area contributed by atoms with E-state index in [1.807, 2.05) is 72.8 Å². The topological polar surface area (TPSA) is 29.1 Å². The molecule has 0 amide bonds. The Morgan fingerprint density at radius 2 is 1.42 bits per heavy atom. The van der Waals surface area contributed by atoms with Gasteiger partial charge in [-0.25, -0.2) is 0 Å². The molecule has 0 fully saturated rings. The van der Waals surface area contributed by atoms with Gasteiger partial charge in [-0.1, -0.05) is 76.6 Å². The van der Waals surface area contributed by atoms with Crippen molar-refractivity contribution in [3.63, 3.8) is 0 Å². The second-order valence-electron chi connectivity index (χ2n) is 5.61. The Kier molecular flexibility index (Phi) is 5.44. The first kappa shape index (κ1) is 16.5. The first-order valence-corrected chi connectivity index (χ1v) is 8.67. The number of nitrogens with one attached hydrogen (secondary N) is 1. The van der Waals surface area contributed by atoms with E-state index in [0.717, 1.165) is 21.3 Å². The van der Waals surface area contributed by atoms with Gasteiger partial charge in [0, 0.05) is 22.1 Å². The number of rotatable bonds is 6. The van der Waals surface area contributed by atoms with E-state index < -0.39 is 0 Å². The first-order valence-electron chi connectivity index (χ1n) is 7.87. The van der Waals surface area contributed by atoms with Crippen molar-refractivity contribution < 1.29 is 4.79 Å². The van der Waals surface area contributed by atoms with Gasteiger partial charge in [0.15, 0.2) is 5.78 Å². The molecule has 0 saturated carbocycles. The van der Waals surface area contributed by atoms with E-state index in [1.165, 1.54) is 0 Å². The molecular weight excluding hydrogens is 362 g/mol. The molecule has 0 aliphatic carbocycles. The third-order valence-corrected chi connectivity index (χ3v) is 4.40. The van der Waals surface area contributed by atoms with Crippen molar-refractivity contribution in [2.75, 3.05) is 5.32 Å². The predicted molar refractivity (Wildman–Crippen MR) is 102 cm³/mol. The van der Waals surface area contributed by atoms with Gasteiger partial charge in [-0.3, -0.25) is 4.79 Å². The summed E-state index contributed by atoms with van der Waals surface area (Å²) in [6, 6.07) is 27.5. The molecule has 0 bridgehead atoms. The number of hydrogen-bond acceptors (Lipinski definition) is 2. The maximum atomic E-state index is 12.6. The fourth-order valence-corrected chi connectivity index (χ4v) is 2.88. The van der Waals surface area contributed by atoms with Crippen LogP contribution in [0.1, 0.15) is 28.4 Å². The highest BCUT2D eigenvalue weighted by Gasteiger charge is 2.17. The van der Waals surface area contributed by atoms with E-state index in [-0.39, 0.29) is 11.8 Å². The Morgan fingerprint density at radius 3 is 2.04 bits per heavy atom. The molecule has 0 heterocycles. The van der Waals surface area contributed by atoms with Crippen LogP contribution in [0.3, 0.4) is 0 Å². The molecule has 3 aromatic rings. The van der Waals surface area contributed by atoms with Crippen molar-refractivity contribution in [3.8, 4) is 0 Å². The highest BCUT2D eigenvalue weighted by atomic mass is 79.9. The normalized spacial score (nSPS) is 11.7. The smallest absolute Gasteiger partial charge is 0.165 e. The molecule has 0 aliphatic rings. The van der Waals surface area contributed by atoms with Gasteiger partial charge in [-0.05, 0) is 29.8 Å². The molecule has 0 unspecified atom stereocenters. The number of halogens is 1. The molecule has 3 aromatic carbocycles. The number of carbonyl (C=O) groups excluding carboxylic acids is 1. The summed E-state index contributed by atoms with van der Waals surface area (Å²) in [5, 5.41) is 3.48. The molecule has 3 rings (SSSR count). The lowest BCUT2D eigenvalue weighted by Gasteiger charge is -2.20. The molecule has 0 aromatic heterocycles. The van der Waals surface area contributed by atoms with E-state index in [9.17, 15) is 4.79 Å². The fraction of sp³-hybridized carbons (Fsp3) is 0.0952. The quantitative estimate of drug-likeness (QED) is 0.542. The van der Waals surface area contributed by atoms with Gasteiger partial charge in [0.05, 0.1) is 6.04 Å². The lowest BCUT2D eigenvalue weighted by Crippen LogP contribution is -2.15. The van der Waals surface area contributed by atoms with Crippen LogP contribution in [-0.2, 0) is 0 Å². The highest BCUT2D eigenvalue weighted by molar-refractivity contribution is 9.10. The summed E-state index contributed by atoms with van der Waals surface area (Å²) in [4.78, 5) is 12.6. The van der Waals surface area contributed by atoms with Crippen LogP contribution >= 0.6 is 15.9 Å². The van der Waals surface area contributed by atoms with Gasteiger partial charge in [0.1, 0.15) is 0 Å². The standard InChI is InChI=1S/C21H18BrNO/c22-18-11-13-19(14-12-18)23-20(16-7-3-1-4-8-16)15-21(24)17-9-5-2-6-10-17/h1-14,20,23H,15H2/t20-/m0/s1. The van der Waals surface area contributed by atoms with E-state index >= 15 is 0 Å². The van der Waals surface area contributed by atoms with Crippen LogP contribution in [0.25, 0.3) is 0 Å². The van der Waals surface area contributed by atoms with Gasteiger partial charge in [-0.15, -0.1) is 0 Å². The third-order valence-electron chi connectivity index (χ3n) is 3.87. The van der Waals surface area contributed by atoms with Gasteiger partial charge in [0.25, 0.3) is 0 Å². The lowest BCUT2D eigenvalue weighted by atomic mass is 9.97. The zero-order valence-electron chi connectivity index (χ0n) is 13.2. The monoisotopic (exact) mass is 379 g/mol. The van der Waals surface area contributed by atoms with Crippen LogP contribution in [0.15, 0.2) is 89.4 Å². The second-order valence-corrected chi connectivity index (χ2v) is 6.52. The average Bonchev–Trinajstić information content (AvgIpc) is 2.64. The van der Waals surface area contributed by atoms with Crippen LogP contribution < -0.4 is 5.32 Å². The van der Waals surface area contributed by atoms with Gasteiger partial charge in [0.2, 0.25) is 0 Å². The molecule has 0 aliphatic heterocycles. The van der Waals surface area contributed by atoms with E-state index in [1.54, 1.807) is 0 Å². The lowest BCUT2D eigenvalue weighted by molar-refractivity contribution is 0.0976.